The zero-order valence-corrected chi connectivity index (χ0v) is 14.1. The minimum Gasteiger partial charge on any atom is -0.314 e. The smallest absolute Gasteiger partial charge is 0.0271 e. The Morgan fingerprint density at radius 3 is 2.71 bits per heavy atom. The largest absolute Gasteiger partial charge is 0.314 e. The quantitative estimate of drug-likeness (QED) is 0.871. The second-order valence-electron chi connectivity index (χ2n) is 7.38. The molecule has 0 spiro atoms. The molecular formula is C18H31N3. The maximum Gasteiger partial charge on any atom is 0.0271 e. The van der Waals surface area contributed by atoms with E-state index in [1.807, 2.05) is 12.4 Å². The van der Waals surface area contributed by atoms with Crippen molar-refractivity contribution in [1.82, 2.24) is 15.2 Å². The van der Waals surface area contributed by atoms with Gasteiger partial charge in [-0.2, -0.15) is 0 Å². The van der Waals surface area contributed by atoms with E-state index in [0.29, 0.717) is 11.5 Å². The molecule has 1 heterocycles. The van der Waals surface area contributed by atoms with Gasteiger partial charge < -0.3 is 10.2 Å². The molecule has 0 aliphatic heterocycles. The summed E-state index contributed by atoms with van der Waals surface area (Å²) >= 11 is 0. The molecule has 3 heteroatoms. The van der Waals surface area contributed by atoms with Crippen LogP contribution in [0, 0.1) is 11.3 Å². The molecule has 0 radical (unpaired) electrons. The van der Waals surface area contributed by atoms with Crippen molar-refractivity contribution >= 4 is 0 Å². The summed E-state index contributed by atoms with van der Waals surface area (Å²) in [4.78, 5) is 6.56. The summed E-state index contributed by atoms with van der Waals surface area (Å²) in [5.74, 6) is 0.750. The first-order valence-electron chi connectivity index (χ1n) is 8.31. The van der Waals surface area contributed by atoms with Crippen molar-refractivity contribution in [1.29, 1.82) is 0 Å². The van der Waals surface area contributed by atoms with Crippen LogP contribution in [0.1, 0.15) is 45.6 Å². The Hall–Kier alpha value is -0.930. The van der Waals surface area contributed by atoms with Crippen molar-refractivity contribution in [2.45, 2.75) is 52.6 Å². The average molecular weight is 289 g/mol. The third-order valence-corrected chi connectivity index (χ3v) is 4.73. The molecule has 0 aromatic carbocycles. The Balaban J connectivity index is 1.93. The number of pyridine rings is 1. The van der Waals surface area contributed by atoms with E-state index in [2.05, 4.69) is 55.2 Å². The van der Waals surface area contributed by atoms with Gasteiger partial charge in [0.1, 0.15) is 0 Å². The van der Waals surface area contributed by atoms with Crippen LogP contribution in [0.15, 0.2) is 24.5 Å². The van der Waals surface area contributed by atoms with Gasteiger partial charge in [0.05, 0.1) is 0 Å². The number of hydrogen-bond acceptors (Lipinski definition) is 3. The molecule has 21 heavy (non-hydrogen) atoms. The van der Waals surface area contributed by atoms with E-state index in [-0.39, 0.29) is 0 Å². The lowest BCUT2D eigenvalue weighted by atomic mass is 9.69. The number of nitrogens with one attached hydrogen (secondary N) is 1. The molecule has 2 unspecified atom stereocenters. The third-order valence-electron chi connectivity index (χ3n) is 4.73. The second-order valence-corrected chi connectivity index (χ2v) is 7.38. The fraction of sp³-hybridized carbons (Fsp3) is 0.722. The first-order valence-corrected chi connectivity index (χ1v) is 8.31. The van der Waals surface area contributed by atoms with Gasteiger partial charge in [-0.25, -0.2) is 0 Å². The van der Waals surface area contributed by atoms with Crippen molar-refractivity contribution in [3.8, 4) is 0 Å². The Bertz CT molecular complexity index is 416. The minimum atomic E-state index is 0.494. The molecule has 2 rings (SSSR count). The van der Waals surface area contributed by atoms with Gasteiger partial charge in [0.25, 0.3) is 0 Å². The predicted molar refractivity (Wildman–Crippen MR) is 89.2 cm³/mol. The standard InChI is InChI=1S/C18H31N3/c1-5-20-17-6-9-18(2,3)12-16(17)14-21(4)13-15-7-10-19-11-8-15/h7-8,10-11,16-17,20H,5-6,9,12-14H2,1-4H3. The monoisotopic (exact) mass is 289 g/mol. The highest BCUT2D eigenvalue weighted by Gasteiger charge is 2.34. The summed E-state index contributed by atoms with van der Waals surface area (Å²) < 4.78 is 0. The van der Waals surface area contributed by atoms with E-state index in [4.69, 9.17) is 0 Å². The number of nitrogens with zero attached hydrogens (tertiary/aromatic N) is 2. The van der Waals surface area contributed by atoms with Crippen LogP contribution >= 0.6 is 0 Å². The average Bonchev–Trinajstić information content (AvgIpc) is 2.42. The second kappa shape index (κ2) is 7.37. The van der Waals surface area contributed by atoms with Crippen molar-refractivity contribution < 1.29 is 0 Å². The molecule has 118 valence electrons. The van der Waals surface area contributed by atoms with Gasteiger partial charge in [-0.05, 0) is 61.9 Å². The lowest BCUT2D eigenvalue weighted by molar-refractivity contribution is 0.107. The highest BCUT2D eigenvalue weighted by Crippen LogP contribution is 2.39. The molecule has 3 nitrogen and oxygen atoms in total. The maximum absolute atomic E-state index is 4.10. The fourth-order valence-corrected chi connectivity index (χ4v) is 3.72. The van der Waals surface area contributed by atoms with Gasteiger partial charge in [-0.1, -0.05) is 20.8 Å². The number of rotatable bonds is 6. The molecule has 1 aliphatic carbocycles. The molecule has 1 aromatic rings. The zero-order valence-electron chi connectivity index (χ0n) is 14.1. The summed E-state index contributed by atoms with van der Waals surface area (Å²) in [5.41, 5.74) is 1.84. The maximum atomic E-state index is 4.10. The molecule has 1 saturated carbocycles. The van der Waals surface area contributed by atoms with Crippen LogP contribution in [-0.4, -0.2) is 36.1 Å². The first kappa shape index (κ1) is 16.4. The lowest BCUT2D eigenvalue weighted by Crippen LogP contribution is -2.46. The Kier molecular flexibility index (Phi) is 5.77. The van der Waals surface area contributed by atoms with Crippen molar-refractivity contribution in [2.24, 2.45) is 11.3 Å². The Labute approximate surface area is 130 Å². The summed E-state index contributed by atoms with van der Waals surface area (Å²) in [5, 5.41) is 3.70. The van der Waals surface area contributed by atoms with E-state index < -0.39 is 0 Å². The van der Waals surface area contributed by atoms with E-state index in [0.717, 1.165) is 19.0 Å². The first-order chi connectivity index (χ1) is 10.00. The molecule has 0 bridgehead atoms. The molecule has 1 aliphatic rings. The normalized spacial score (nSPS) is 25.2. The Morgan fingerprint density at radius 2 is 2.05 bits per heavy atom. The molecule has 1 fully saturated rings. The van der Waals surface area contributed by atoms with E-state index in [1.165, 1.54) is 31.4 Å². The van der Waals surface area contributed by atoms with Crippen LogP contribution in [0.3, 0.4) is 0 Å². The van der Waals surface area contributed by atoms with Crippen LogP contribution < -0.4 is 5.32 Å². The van der Waals surface area contributed by atoms with Gasteiger partial charge >= 0.3 is 0 Å². The van der Waals surface area contributed by atoms with E-state index in [9.17, 15) is 0 Å². The molecular weight excluding hydrogens is 258 g/mol. The predicted octanol–water partition coefficient (Wildman–Crippen LogP) is 3.32. The summed E-state index contributed by atoms with van der Waals surface area (Å²) in [7, 11) is 2.24. The third kappa shape index (κ3) is 5.08. The molecule has 2 atom stereocenters. The summed E-state index contributed by atoms with van der Waals surface area (Å²) in [6.07, 6.45) is 7.75. The highest BCUT2D eigenvalue weighted by atomic mass is 15.1. The van der Waals surface area contributed by atoms with Crippen LogP contribution in [0.25, 0.3) is 0 Å². The van der Waals surface area contributed by atoms with Crippen LogP contribution in [-0.2, 0) is 6.54 Å². The van der Waals surface area contributed by atoms with Gasteiger partial charge in [0.2, 0.25) is 0 Å². The number of hydrogen-bond donors (Lipinski definition) is 1. The lowest BCUT2D eigenvalue weighted by Gasteiger charge is -2.42. The SMILES string of the molecule is CCNC1CCC(C)(C)CC1CN(C)Cc1ccncc1. The van der Waals surface area contributed by atoms with Crippen molar-refractivity contribution in [2.75, 3.05) is 20.1 Å². The molecule has 1 N–H and O–H groups in total. The van der Waals surface area contributed by atoms with Gasteiger partial charge in [0.15, 0.2) is 0 Å². The van der Waals surface area contributed by atoms with E-state index in [1.54, 1.807) is 0 Å². The summed E-state index contributed by atoms with van der Waals surface area (Å²) in [6, 6.07) is 4.91. The van der Waals surface area contributed by atoms with Gasteiger partial charge in [0, 0.05) is 31.5 Å². The van der Waals surface area contributed by atoms with Crippen molar-refractivity contribution in [3.05, 3.63) is 30.1 Å². The zero-order chi connectivity index (χ0) is 15.3. The number of aromatic nitrogens is 1. The van der Waals surface area contributed by atoms with Crippen LogP contribution in [0.5, 0.6) is 0 Å². The van der Waals surface area contributed by atoms with Gasteiger partial charge in [-0.15, -0.1) is 0 Å². The minimum absolute atomic E-state index is 0.494. The fourth-order valence-electron chi connectivity index (χ4n) is 3.72. The van der Waals surface area contributed by atoms with Gasteiger partial charge in [-0.3, -0.25) is 4.98 Å². The Morgan fingerprint density at radius 1 is 1.33 bits per heavy atom. The van der Waals surface area contributed by atoms with E-state index >= 15 is 0 Å². The molecule has 0 saturated heterocycles. The summed E-state index contributed by atoms with van der Waals surface area (Å²) in [6.45, 7) is 10.3. The van der Waals surface area contributed by atoms with Crippen molar-refractivity contribution in [3.63, 3.8) is 0 Å². The molecule has 1 aromatic heterocycles. The van der Waals surface area contributed by atoms with Crippen LogP contribution in [0.2, 0.25) is 0 Å². The topological polar surface area (TPSA) is 28.2 Å². The highest BCUT2D eigenvalue weighted by molar-refractivity contribution is 5.09. The molecule has 0 amide bonds. The van der Waals surface area contributed by atoms with Crippen LogP contribution in [0.4, 0.5) is 0 Å².